The van der Waals surface area contributed by atoms with Crippen LogP contribution in [0.2, 0.25) is 0 Å². The first-order chi connectivity index (χ1) is 6.63. The topological polar surface area (TPSA) is 38.3 Å². The Bertz CT molecular complexity index is 398. The maximum Gasteiger partial charge on any atom is 0.424 e. The van der Waals surface area contributed by atoms with Crippen LogP contribution < -0.4 is 10.1 Å². The lowest BCUT2D eigenvalue weighted by molar-refractivity contribution is 0.205. The second-order valence-electron chi connectivity index (χ2n) is 2.23. The van der Waals surface area contributed by atoms with Crippen LogP contribution >= 0.6 is 31.9 Å². The number of amides is 1. The van der Waals surface area contributed by atoms with Crippen molar-refractivity contribution in [2.75, 3.05) is 0 Å². The van der Waals surface area contributed by atoms with E-state index in [1.807, 2.05) is 6.04 Å². The summed E-state index contributed by atoms with van der Waals surface area (Å²) < 4.78 is 6.43. The van der Waals surface area contributed by atoms with Crippen molar-refractivity contribution >= 4 is 38.0 Å². The molecule has 1 aromatic rings. The average Bonchev–Trinajstić information content (AvgIpc) is 2.10. The van der Waals surface area contributed by atoms with E-state index in [0.29, 0.717) is 10.2 Å². The molecular weight excluding hydrogens is 314 g/mol. The normalized spacial score (nSPS) is 8.93. The zero-order chi connectivity index (χ0) is 10.6. The molecule has 5 heteroatoms. The van der Waals surface area contributed by atoms with Gasteiger partial charge in [0.05, 0.1) is 4.47 Å². The molecule has 0 heterocycles. The minimum absolute atomic E-state index is 0.404. The van der Waals surface area contributed by atoms with E-state index in [2.05, 4.69) is 37.2 Å². The number of ether oxygens (including phenoxy) is 1. The number of carbonyl (C=O) groups excluding carboxylic acids is 1. The third kappa shape index (κ3) is 3.05. The zero-order valence-electron chi connectivity index (χ0n) is 6.88. The van der Waals surface area contributed by atoms with E-state index in [0.717, 1.165) is 4.47 Å². The minimum atomic E-state index is -0.685. The van der Waals surface area contributed by atoms with Crippen LogP contribution in [0.25, 0.3) is 0 Å². The molecule has 1 rings (SSSR count). The highest BCUT2D eigenvalue weighted by atomic mass is 79.9. The monoisotopic (exact) mass is 317 g/mol. The van der Waals surface area contributed by atoms with Crippen molar-refractivity contribution < 1.29 is 9.53 Å². The molecule has 0 fully saturated rings. The molecule has 1 amide bonds. The molecule has 0 radical (unpaired) electrons. The van der Waals surface area contributed by atoms with E-state index >= 15 is 0 Å². The molecule has 0 saturated heterocycles. The summed E-state index contributed by atoms with van der Waals surface area (Å²) in [6.07, 6.45) is 4.18. The first-order valence-electron chi connectivity index (χ1n) is 3.52. The van der Waals surface area contributed by atoms with E-state index in [-0.39, 0.29) is 0 Å². The molecule has 0 saturated carbocycles. The third-order valence-corrected chi connectivity index (χ3v) is 2.38. The van der Waals surface area contributed by atoms with Gasteiger partial charge in [-0.2, -0.15) is 0 Å². The first-order valence-corrected chi connectivity index (χ1v) is 5.10. The molecule has 14 heavy (non-hydrogen) atoms. The molecule has 0 aliphatic heterocycles. The Hall–Kier alpha value is -0.990. The molecule has 0 spiro atoms. The van der Waals surface area contributed by atoms with Crippen LogP contribution in [0.15, 0.2) is 27.1 Å². The molecule has 72 valence electrons. The van der Waals surface area contributed by atoms with Gasteiger partial charge >= 0.3 is 6.09 Å². The number of halogens is 2. The van der Waals surface area contributed by atoms with Crippen LogP contribution in [-0.2, 0) is 0 Å². The lowest BCUT2D eigenvalue weighted by atomic mass is 10.3. The van der Waals surface area contributed by atoms with E-state index in [1.165, 1.54) is 0 Å². The summed E-state index contributed by atoms with van der Waals surface area (Å²) in [4.78, 5) is 10.9. The molecule has 1 N–H and O–H groups in total. The predicted octanol–water partition coefficient (Wildman–Crippen LogP) is 2.89. The largest absolute Gasteiger partial charge is 0.424 e. The fraction of sp³-hybridized carbons (Fsp3) is 0. The maximum atomic E-state index is 10.9. The lowest BCUT2D eigenvalue weighted by Gasteiger charge is -2.04. The smallest absolute Gasteiger partial charge is 0.408 e. The lowest BCUT2D eigenvalue weighted by Crippen LogP contribution is -2.21. The van der Waals surface area contributed by atoms with E-state index < -0.39 is 6.09 Å². The number of benzene rings is 1. The standard InChI is InChI=1S/C9H5Br2NO2/c1-2-12-9(13)14-8-4-3-6(10)5-7(8)11/h1,3-5H,(H,12,13). The minimum Gasteiger partial charge on any atom is -0.408 e. The van der Waals surface area contributed by atoms with Crippen molar-refractivity contribution in [3.05, 3.63) is 27.1 Å². The highest BCUT2D eigenvalue weighted by molar-refractivity contribution is 9.11. The van der Waals surface area contributed by atoms with Crippen LogP contribution in [0.1, 0.15) is 0 Å². The second kappa shape index (κ2) is 5.03. The van der Waals surface area contributed by atoms with Crippen molar-refractivity contribution in [3.8, 4) is 18.2 Å². The Labute approximate surface area is 98.1 Å². The van der Waals surface area contributed by atoms with Crippen LogP contribution in [0, 0.1) is 12.5 Å². The summed E-state index contributed by atoms with van der Waals surface area (Å²) in [5.41, 5.74) is 0. The number of terminal acetylenes is 1. The van der Waals surface area contributed by atoms with Gasteiger partial charge in [-0.25, -0.2) is 10.1 Å². The zero-order valence-corrected chi connectivity index (χ0v) is 10.1. The van der Waals surface area contributed by atoms with Crippen LogP contribution in [-0.4, -0.2) is 6.09 Å². The van der Waals surface area contributed by atoms with Crippen LogP contribution in [0.3, 0.4) is 0 Å². The number of rotatable bonds is 1. The Morgan fingerprint density at radius 2 is 2.21 bits per heavy atom. The van der Waals surface area contributed by atoms with Gasteiger partial charge in [-0.3, -0.25) is 0 Å². The molecule has 0 aromatic heterocycles. The molecular formula is C9H5Br2NO2. The van der Waals surface area contributed by atoms with Gasteiger partial charge in [0.15, 0.2) is 0 Å². The molecule has 0 aliphatic carbocycles. The second-order valence-corrected chi connectivity index (χ2v) is 4.00. The van der Waals surface area contributed by atoms with Crippen LogP contribution in [0.4, 0.5) is 4.79 Å². The van der Waals surface area contributed by atoms with Gasteiger partial charge < -0.3 is 4.74 Å². The number of carbonyl (C=O) groups is 1. The van der Waals surface area contributed by atoms with Gasteiger partial charge in [0.25, 0.3) is 0 Å². The summed E-state index contributed by atoms with van der Waals surface area (Å²) in [6.45, 7) is 0. The highest BCUT2D eigenvalue weighted by Gasteiger charge is 2.06. The van der Waals surface area contributed by atoms with Gasteiger partial charge in [-0.1, -0.05) is 22.4 Å². The Kier molecular flexibility index (Phi) is 3.98. The Balaban J connectivity index is 2.78. The highest BCUT2D eigenvalue weighted by Crippen LogP contribution is 2.28. The summed E-state index contributed by atoms with van der Waals surface area (Å²) >= 11 is 6.51. The van der Waals surface area contributed by atoms with Crippen molar-refractivity contribution in [3.63, 3.8) is 0 Å². The van der Waals surface area contributed by atoms with Gasteiger partial charge in [0.2, 0.25) is 0 Å². The van der Waals surface area contributed by atoms with Gasteiger partial charge in [-0.15, -0.1) is 0 Å². The number of hydrogen-bond acceptors (Lipinski definition) is 2. The van der Waals surface area contributed by atoms with Gasteiger partial charge in [0, 0.05) is 10.5 Å². The third-order valence-electron chi connectivity index (χ3n) is 1.27. The molecule has 0 atom stereocenters. The number of hydrogen-bond donors (Lipinski definition) is 1. The van der Waals surface area contributed by atoms with Crippen molar-refractivity contribution in [2.45, 2.75) is 0 Å². The van der Waals surface area contributed by atoms with Gasteiger partial charge in [-0.05, 0) is 34.1 Å². The summed E-state index contributed by atoms with van der Waals surface area (Å²) in [6, 6.07) is 7.13. The SMILES string of the molecule is C#CNC(=O)Oc1ccc(Br)cc1Br. The van der Waals surface area contributed by atoms with Crippen molar-refractivity contribution in [1.29, 1.82) is 0 Å². The van der Waals surface area contributed by atoms with E-state index in [9.17, 15) is 4.79 Å². The fourth-order valence-electron chi connectivity index (χ4n) is 0.742. The summed E-state index contributed by atoms with van der Waals surface area (Å²) in [7, 11) is 0. The van der Waals surface area contributed by atoms with Crippen molar-refractivity contribution in [2.24, 2.45) is 0 Å². The maximum absolute atomic E-state index is 10.9. The molecule has 3 nitrogen and oxygen atoms in total. The average molecular weight is 319 g/mol. The fourth-order valence-corrected chi connectivity index (χ4v) is 1.87. The van der Waals surface area contributed by atoms with Crippen molar-refractivity contribution in [1.82, 2.24) is 5.32 Å². The number of nitrogens with one attached hydrogen (secondary N) is 1. The summed E-state index contributed by atoms with van der Waals surface area (Å²) in [5.74, 6) is 0.404. The van der Waals surface area contributed by atoms with E-state index in [4.69, 9.17) is 11.2 Å². The molecule has 0 aliphatic rings. The quantitative estimate of drug-likeness (QED) is 0.638. The van der Waals surface area contributed by atoms with Crippen LogP contribution in [0.5, 0.6) is 5.75 Å². The Morgan fingerprint density at radius 1 is 1.50 bits per heavy atom. The molecule has 1 aromatic carbocycles. The molecule has 0 bridgehead atoms. The molecule has 0 unspecified atom stereocenters. The van der Waals surface area contributed by atoms with Gasteiger partial charge in [0.1, 0.15) is 5.75 Å². The van der Waals surface area contributed by atoms with E-state index in [1.54, 1.807) is 18.2 Å². The summed E-state index contributed by atoms with van der Waals surface area (Å²) in [5, 5.41) is 2.07. The Morgan fingerprint density at radius 3 is 2.79 bits per heavy atom. The first kappa shape index (κ1) is 11.1. The predicted molar refractivity (Wildman–Crippen MR) is 59.8 cm³/mol.